The average molecular weight is 168 g/mol. The molecule has 0 radical (unpaired) electrons. The first-order chi connectivity index (χ1) is 5.79. The zero-order valence-electron chi connectivity index (χ0n) is 6.73. The molecule has 2 atom stereocenters. The average Bonchev–Trinajstić information content (AvgIpc) is 2.49. The Balaban J connectivity index is 2.16. The van der Waals surface area contributed by atoms with E-state index in [-0.39, 0.29) is 12.0 Å². The van der Waals surface area contributed by atoms with E-state index >= 15 is 0 Å². The van der Waals surface area contributed by atoms with Crippen LogP contribution in [0.3, 0.4) is 0 Å². The number of nitrogens with zero attached hydrogens (tertiary/aromatic N) is 1. The van der Waals surface area contributed by atoms with Gasteiger partial charge in [-0.25, -0.2) is 5.43 Å². The number of rotatable bonds is 1. The number of carbonyl (C=O) groups is 1. The van der Waals surface area contributed by atoms with Crippen LogP contribution in [0.25, 0.3) is 0 Å². The molecule has 4 nitrogen and oxygen atoms in total. The Morgan fingerprint density at radius 3 is 3.25 bits per heavy atom. The Kier molecular flexibility index (Phi) is 1.77. The van der Waals surface area contributed by atoms with Gasteiger partial charge in [-0.15, -0.1) is 0 Å². The summed E-state index contributed by atoms with van der Waals surface area (Å²) in [6.07, 6.45) is 5.45. The third-order valence-corrected chi connectivity index (χ3v) is 2.53. The topological polar surface area (TPSA) is 52.6 Å². The number of fused-ring (bicyclic) bond motifs is 1. The van der Waals surface area contributed by atoms with Crippen LogP contribution in [0.4, 0.5) is 0 Å². The zero-order chi connectivity index (χ0) is 8.55. The molecule has 12 heavy (non-hydrogen) atoms. The van der Waals surface area contributed by atoms with Gasteiger partial charge in [0.15, 0.2) is 0 Å². The second-order valence-corrected chi connectivity index (χ2v) is 3.24. The number of hydrazine groups is 1. The van der Waals surface area contributed by atoms with Crippen molar-refractivity contribution in [1.29, 1.82) is 0 Å². The molecule has 0 bridgehead atoms. The van der Waals surface area contributed by atoms with Crippen LogP contribution in [0.5, 0.6) is 0 Å². The van der Waals surface area contributed by atoms with Crippen LogP contribution in [0.2, 0.25) is 0 Å². The Hall–Kier alpha value is -1.03. The summed E-state index contributed by atoms with van der Waals surface area (Å²) in [4.78, 5) is 10.8. The van der Waals surface area contributed by atoms with Gasteiger partial charge in [0, 0.05) is 12.7 Å². The lowest BCUT2D eigenvalue weighted by Crippen LogP contribution is -2.42. The molecule has 2 N–H and O–H groups in total. The molecule has 2 aliphatic heterocycles. The molecule has 2 heterocycles. The van der Waals surface area contributed by atoms with Crippen molar-refractivity contribution in [1.82, 2.24) is 10.4 Å². The Morgan fingerprint density at radius 1 is 1.67 bits per heavy atom. The number of carboxylic acid groups (broad SMARTS) is 1. The number of hydrogen-bond donors (Lipinski definition) is 2. The summed E-state index contributed by atoms with van der Waals surface area (Å²) < 4.78 is 0. The normalized spacial score (nSPS) is 33.5. The molecular weight excluding hydrogens is 156 g/mol. The van der Waals surface area contributed by atoms with E-state index in [0.29, 0.717) is 6.42 Å². The summed E-state index contributed by atoms with van der Waals surface area (Å²) >= 11 is 0. The summed E-state index contributed by atoms with van der Waals surface area (Å²) in [5.41, 5.74) is 3.13. The maximum Gasteiger partial charge on any atom is 0.308 e. The van der Waals surface area contributed by atoms with Crippen molar-refractivity contribution in [2.75, 3.05) is 6.54 Å². The van der Waals surface area contributed by atoms with Crippen molar-refractivity contribution in [3.05, 3.63) is 12.3 Å². The summed E-state index contributed by atoms with van der Waals surface area (Å²) in [6, 6.07) is 0.160. The highest BCUT2D eigenvalue weighted by atomic mass is 16.4. The lowest BCUT2D eigenvalue weighted by atomic mass is 9.92. The molecule has 0 aliphatic carbocycles. The van der Waals surface area contributed by atoms with E-state index in [1.165, 1.54) is 0 Å². The number of nitrogens with one attached hydrogen (secondary N) is 1. The van der Waals surface area contributed by atoms with Crippen molar-refractivity contribution >= 4 is 5.97 Å². The van der Waals surface area contributed by atoms with Gasteiger partial charge in [-0.05, 0) is 12.8 Å². The van der Waals surface area contributed by atoms with Gasteiger partial charge in [0.05, 0.1) is 12.0 Å². The number of hydrogen-bond acceptors (Lipinski definition) is 3. The Morgan fingerprint density at radius 2 is 2.50 bits per heavy atom. The monoisotopic (exact) mass is 168 g/mol. The van der Waals surface area contributed by atoms with Crippen LogP contribution < -0.4 is 5.43 Å². The van der Waals surface area contributed by atoms with Crippen molar-refractivity contribution in [3.8, 4) is 0 Å². The molecule has 2 unspecified atom stereocenters. The van der Waals surface area contributed by atoms with Crippen LogP contribution in [0.1, 0.15) is 12.8 Å². The van der Waals surface area contributed by atoms with Crippen molar-refractivity contribution in [3.63, 3.8) is 0 Å². The molecule has 0 spiro atoms. The van der Waals surface area contributed by atoms with Crippen LogP contribution in [0, 0.1) is 5.92 Å². The van der Waals surface area contributed by atoms with Crippen molar-refractivity contribution in [2.45, 2.75) is 18.9 Å². The minimum atomic E-state index is -0.682. The number of aliphatic carboxylic acids is 1. The SMILES string of the molecule is O=C(O)C1CC=CN2NCCC12. The van der Waals surface area contributed by atoms with Crippen molar-refractivity contribution < 1.29 is 9.90 Å². The summed E-state index contributed by atoms with van der Waals surface area (Å²) in [7, 11) is 0. The molecule has 0 saturated carbocycles. The molecule has 0 aromatic carbocycles. The fourth-order valence-electron chi connectivity index (χ4n) is 1.90. The van der Waals surface area contributed by atoms with Crippen LogP contribution in [-0.2, 0) is 4.79 Å². The van der Waals surface area contributed by atoms with Gasteiger partial charge < -0.3 is 10.1 Å². The predicted molar refractivity (Wildman–Crippen MR) is 43.1 cm³/mol. The summed E-state index contributed by atoms with van der Waals surface area (Å²) in [5.74, 6) is -0.914. The minimum Gasteiger partial charge on any atom is -0.481 e. The highest BCUT2D eigenvalue weighted by molar-refractivity contribution is 5.71. The lowest BCUT2D eigenvalue weighted by Gasteiger charge is -2.30. The van der Waals surface area contributed by atoms with Gasteiger partial charge in [-0.2, -0.15) is 0 Å². The maximum absolute atomic E-state index is 10.8. The van der Waals surface area contributed by atoms with E-state index in [1.54, 1.807) is 0 Å². The highest BCUT2D eigenvalue weighted by Crippen LogP contribution is 2.25. The fraction of sp³-hybridized carbons (Fsp3) is 0.625. The number of allylic oxidation sites excluding steroid dienone is 1. The minimum absolute atomic E-state index is 0.160. The first-order valence-corrected chi connectivity index (χ1v) is 4.20. The van der Waals surface area contributed by atoms with E-state index in [4.69, 9.17) is 5.11 Å². The van der Waals surface area contributed by atoms with Gasteiger partial charge >= 0.3 is 5.97 Å². The molecule has 1 saturated heterocycles. The third-order valence-electron chi connectivity index (χ3n) is 2.53. The van der Waals surface area contributed by atoms with Crippen LogP contribution in [0.15, 0.2) is 12.3 Å². The number of carboxylic acids is 1. The van der Waals surface area contributed by atoms with E-state index in [1.807, 2.05) is 17.3 Å². The quantitative estimate of drug-likeness (QED) is 0.586. The van der Waals surface area contributed by atoms with Gasteiger partial charge in [0.2, 0.25) is 0 Å². The second-order valence-electron chi connectivity index (χ2n) is 3.24. The lowest BCUT2D eigenvalue weighted by molar-refractivity contribution is -0.143. The van der Waals surface area contributed by atoms with E-state index < -0.39 is 5.97 Å². The fourth-order valence-corrected chi connectivity index (χ4v) is 1.90. The van der Waals surface area contributed by atoms with E-state index in [2.05, 4.69) is 5.43 Å². The zero-order valence-corrected chi connectivity index (χ0v) is 6.73. The Bertz CT molecular complexity index is 227. The highest BCUT2D eigenvalue weighted by Gasteiger charge is 2.35. The smallest absolute Gasteiger partial charge is 0.308 e. The summed E-state index contributed by atoms with van der Waals surface area (Å²) in [5, 5.41) is 10.8. The van der Waals surface area contributed by atoms with Crippen LogP contribution >= 0.6 is 0 Å². The van der Waals surface area contributed by atoms with E-state index in [9.17, 15) is 4.79 Å². The molecule has 0 amide bonds. The third kappa shape index (κ3) is 1.08. The molecule has 2 aliphatic rings. The van der Waals surface area contributed by atoms with E-state index in [0.717, 1.165) is 13.0 Å². The standard InChI is InChI=1S/C8H12N2O2/c11-8(12)6-2-1-5-10-7(6)3-4-9-10/h1,5-7,9H,2-4H2,(H,11,12). The van der Waals surface area contributed by atoms with Crippen LogP contribution in [-0.4, -0.2) is 28.7 Å². The first kappa shape index (κ1) is 7.61. The van der Waals surface area contributed by atoms with Gasteiger partial charge in [0.1, 0.15) is 0 Å². The molecule has 4 heteroatoms. The first-order valence-electron chi connectivity index (χ1n) is 4.20. The van der Waals surface area contributed by atoms with Gasteiger partial charge in [-0.1, -0.05) is 6.08 Å². The predicted octanol–water partition coefficient (Wildman–Crippen LogP) is 0.183. The molecule has 0 aromatic heterocycles. The maximum atomic E-state index is 10.8. The molecular formula is C8H12N2O2. The van der Waals surface area contributed by atoms with Gasteiger partial charge in [0.25, 0.3) is 0 Å². The largest absolute Gasteiger partial charge is 0.481 e. The Labute approximate surface area is 70.8 Å². The molecule has 0 aromatic rings. The molecule has 1 fully saturated rings. The van der Waals surface area contributed by atoms with Crippen molar-refractivity contribution in [2.24, 2.45) is 5.92 Å². The molecule has 66 valence electrons. The van der Waals surface area contributed by atoms with Gasteiger partial charge in [-0.3, -0.25) is 4.79 Å². The second kappa shape index (κ2) is 2.79. The molecule has 2 rings (SSSR count). The summed E-state index contributed by atoms with van der Waals surface area (Å²) in [6.45, 7) is 0.888.